The van der Waals surface area contributed by atoms with Crippen LogP contribution in [0.4, 0.5) is 11.5 Å². The topological polar surface area (TPSA) is 56.8 Å². The van der Waals surface area contributed by atoms with Gasteiger partial charge in [0, 0.05) is 37.1 Å². The van der Waals surface area contributed by atoms with E-state index in [0.717, 1.165) is 36.8 Å². The summed E-state index contributed by atoms with van der Waals surface area (Å²) in [5.41, 5.74) is 3.40. The number of anilines is 2. The van der Waals surface area contributed by atoms with Gasteiger partial charge in [-0.1, -0.05) is 0 Å². The maximum Gasteiger partial charge on any atom is 0.151 e. The number of aromatic amines is 1. The lowest BCUT2D eigenvalue weighted by Gasteiger charge is -2.20. The molecule has 1 aliphatic heterocycles. The van der Waals surface area contributed by atoms with Gasteiger partial charge in [-0.25, -0.2) is 4.98 Å². The van der Waals surface area contributed by atoms with Crippen LogP contribution in [0.15, 0.2) is 24.5 Å². The number of nitrogens with one attached hydrogen (secondary N) is 2. The average Bonchev–Trinajstić information content (AvgIpc) is 3.08. The van der Waals surface area contributed by atoms with Crippen molar-refractivity contribution in [2.24, 2.45) is 0 Å². The van der Waals surface area contributed by atoms with Crippen molar-refractivity contribution >= 4 is 11.5 Å². The first-order valence-corrected chi connectivity index (χ1v) is 6.77. The molecule has 5 nitrogen and oxygen atoms in total. The van der Waals surface area contributed by atoms with Gasteiger partial charge < -0.3 is 10.2 Å². The van der Waals surface area contributed by atoms with E-state index in [0.29, 0.717) is 0 Å². The molecule has 5 heteroatoms. The molecule has 1 fully saturated rings. The summed E-state index contributed by atoms with van der Waals surface area (Å²) >= 11 is 0. The molecule has 2 aromatic heterocycles. The van der Waals surface area contributed by atoms with Gasteiger partial charge in [0.15, 0.2) is 5.82 Å². The predicted molar refractivity (Wildman–Crippen MR) is 76.3 cm³/mol. The third-order valence-corrected chi connectivity index (χ3v) is 3.60. The van der Waals surface area contributed by atoms with Gasteiger partial charge in [-0.15, -0.1) is 0 Å². The van der Waals surface area contributed by atoms with Crippen LogP contribution in [0, 0.1) is 6.92 Å². The fraction of sp³-hybridized carbons (Fsp3) is 0.429. The molecule has 0 saturated carbocycles. The van der Waals surface area contributed by atoms with Gasteiger partial charge in [-0.3, -0.25) is 5.10 Å². The Morgan fingerprint density at radius 2 is 2.21 bits per heavy atom. The Morgan fingerprint density at radius 3 is 2.95 bits per heavy atom. The summed E-state index contributed by atoms with van der Waals surface area (Å²) in [5, 5.41) is 10.5. The van der Waals surface area contributed by atoms with E-state index in [1.54, 1.807) is 0 Å². The van der Waals surface area contributed by atoms with Crippen LogP contribution in [-0.2, 0) is 6.54 Å². The maximum atomic E-state index is 4.52. The Morgan fingerprint density at radius 1 is 1.37 bits per heavy atom. The third-order valence-electron chi connectivity index (χ3n) is 3.60. The zero-order valence-electron chi connectivity index (χ0n) is 11.2. The second-order valence-electron chi connectivity index (χ2n) is 4.94. The number of H-pyrrole nitrogens is 1. The Labute approximate surface area is 113 Å². The van der Waals surface area contributed by atoms with Gasteiger partial charge >= 0.3 is 0 Å². The van der Waals surface area contributed by atoms with E-state index in [4.69, 9.17) is 0 Å². The highest BCUT2D eigenvalue weighted by Gasteiger charge is 2.16. The lowest BCUT2D eigenvalue weighted by Crippen LogP contribution is -2.20. The molecule has 0 aliphatic carbocycles. The third kappa shape index (κ3) is 2.54. The molecule has 3 rings (SSSR count). The summed E-state index contributed by atoms with van der Waals surface area (Å²) in [4.78, 5) is 6.87. The highest BCUT2D eigenvalue weighted by atomic mass is 15.2. The molecule has 0 unspecified atom stereocenters. The van der Waals surface area contributed by atoms with Crippen molar-refractivity contribution in [3.8, 4) is 0 Å². The molecule has 2 N–H and O–H groups in total. The second kappa shape index (κ2) is 5.30. The minimum atomic E-state index is 0.773. The summed E-state index contributed by atoms with van der Waals surface area (Å²) in [7, 11) is 0. The largest absolute Gasteiger partial charge is 0.378 e. The van der Waals surface area contributed by atoms with Crippen molar-refractivity contribution in [3.63, 3.8) is 0 Å². The van der Waals surface area contributed by atoms with E-state index in [-0.39, 0.29) is 0 Å². The molecule has 0 spiro atoms. The van der Waals surface area contributed by atoms with Crippen LogP contribution < -0.4 is 10.2 Å². The van der Waals surface area contributed by atoms with Crippen LogP contribution in [-0.4, -0.2) is 28.3 Å². The molecule has 0 aromatic carbocycles. The monoisotopic (exact) mass is 257 g/mol. The van der Waals surface area contributed by atoms with E-state index in [9.17, 15) is 0 Å². The van der Waals surface area contributed by atoms with E-state index in [2.05, 4.69) is 31.5 Å². The Kier molecular flexibility index (Phi) is 3.35. The standard InChI is InChI=1S/C14H19N5/c1-11-12(10-17-18-11)9-16-13-5-4-6-15-14(13)19-7-2-3-8-19/h4-6,10,16H,2-3,7-9H2,1H3,(H,17,18). The van der Waals surface area contributed by atoms with Gasteiger partial charge in [0.05, 0.1) is 11.9 Å². The van der Waals surface area contributed by atoms with Gasteiger partial charge in [0.25, 0.3) is 0 Å². The fourth-order valence-electron chi connectivity index (χ4n) is 2.46. The van der Waals surface area contributed by atoms with Crippen LogP contribution in [0.5, 0.6) is 0 Å². The van der Waals surface area contributed by atoms with Gasteiger partial charge in [0.1, 0.15) is 0 Å². The molecule has 0 amide bonds. The summed E-state index contributed by atoms with van der Waals surface area (Å²) in [6, 6.07) is 4.07. The van der Waals surface area contributed by atoms with Crippen LogP contribution in [0.2, 0.25) is 0 Å². The van der Waals surface area contributed by atoms with E-state index < -0.39 is 0 Å². The first-order chi connectivity index (χ1) is 9.34. The molecule has 3 heterocycles. The van der Waals surface area contributed by atoms with Crippen molar-refractivity contribution in [3.05, 3.63) is 35.8 Å². The zero-order chi connectivity index (χ0) is 13.1. The van der Waals surface area contributed by atoms with Crippen molar-refractivity contribution in [1.82, 2.24) is 15.2 Å². The minimum absolute atomic E-state index is 0.773. The first-order valence-electron chi connectivity index (χ1n) is 6.77. The quantitative estimate of drug-likeness (QED) is 0.882. The normalized spacial score (nSPS) is 14.9. The zero-order valence-corrected chi connectivity index (χ0v) is 11.2. The molecule has 100 valence electrons. The predicted octanol–water partition coefficient (Wildman–Crippen LogP) is 2.33. The Balaban J connectivity index is 1.75. The number of hydrogen-bond donors (Lipinski definition) is 2. The average molecular weight is 257 g/mol. The number of rotatable bonds is 4. The van der Waals surface area contributed by atoms with E-state index in [1.165, 1.54) is 18.4 Å². The van der Waals surface area contributed by atoms with Crippen LogP contribution in [0.1, 0.15) is 24.1 Å². The fourth-order valence-corrected chi connectivity index (χ4v) is 2.46. The number of pyridine rings is 1. The smallest absolute Gasteiger partial charge is 0.151 e. The van der Waals surface area contributed by atoms with Gasteiger partial charge in [-0.2, -0.15) is 5.10 Å². The Bertz CT molecular complexity index is 542. The summed E-state index contributed by atoms with van der Waals surface area (Å²) in [5.74, 6) is 1.07. The second-order valence-corrected chi connectivity index (χ2v) is 4.94. The van der Waals surface area contributed by atoms with Gasteiger partial charge in [0.2, 0.25) is 0 Å². The summed E-state index contributed by atoms with van der Waals surface area (Å²) in [6.45, 7) is 5.02. The molecular formula is C14H19N5. The Hall–Kier alpha value is -2.04. The molecule has 1 saturated heterocycles. The van der Waals surface area contributed by atoms with Crippen LogP contribution in [0.3, 0.4) is 0 Å². The number of aromatic nitrogens is 3. The molecule has 0 radical (unpaired) electrons. The molecule has 19 heavy (non-hydrogen) atoms. The van der Waals surface area contributed by atoms with Crippen molar-refractivity contribution in [2.75, 3.05) is 23.3 Å². The van der Waals surface area contributed by atoms with Crippen molar-refractivity contribution in [1.29, 1.82) is 0 Å². The summed E-state index contributed by atoms with van der Waals surface area (Å²) in [6.07, 6.45) is 6.25. The van der Waals surface area contributed by atoms with Crippen LogP contribution in [0.25, 0.3) is 0 Å². The highest BCUT2D eigenvalue weighted by Crippen LogP contribution is 2.26. The minimum Gasteiger partial charge on any atom is -0.378 e. The highest BCUT2D eigenvalue weighted by molar-refractivity contribution is 5.65. The molecule has 0 atom stereocenters. The molecular weight excluding hydrogens is 238 g/mol. The SMILES string of the molecule is Cc1[nH]ncc1CNc1cccnc1N1CCCC1. The first kappa shape index (κ1) is 12.0. The number of aryl methyl sites for hydroxylation is 1. The molecule has 0 bridgehead atoms. The lowest BCUT2D eigenvalue weighted by molar-refractivity contribution is 0.934. The van der Waals surface area contributed by atoms with Crippen LogP contribution >= 0.6 is 0 Å². The van der Waals surface area contributed by atoms with E-state index in [1.807, 2.05) is 25.4 Å². The molecule has 1 aliphatic rings. The van der Waals surface area contributed by atoms with Gasteiger partial charge in [-0.05, 0) is 31.9 Å². The number of nitrogens with zero attached hydrogens (tertiary/aromatic N) is 3. The van der Waals surface area contributed by atoms with E-state index >= 15 is 0 Å². The molecule has 2 aromatic rings. The lowest BCUT2D eigenvalue weighted by atomic mass is 10.2. The van der Waals surface area contributed by atoms with Crippen molar-refractivity contribution < 1.29 is 0 Å². The maximum absolute atomic E-state index is 4.52. The summed E-state index contributed by atoms with van der Waals surface area (Å²) < 4.78 is 0. The van der Waals surface area contributed by atoms with Crippen molar-refractivity contribution in [2.45, 2.75) is 26.3 Å². The number of hydrogen-bond acceptors (Lipinski definition) is 4.